The van der Waals surface area contributed by atoms with E-state index < -0.39 is 0 Å². The molecule has 0 atom stereocenters. The average Bonchev–Trinajstić information content (AvgIpc) is 1.90. The fourth-order valence-electron chi connectivity index (χ4n) is 1.44. The summed E-state index contributed by atoms with van der Waals surface area (Å²) < 4.78 is 0. The molecule has 0 bridgehead atoms. The van der Waals surface area contributed by atoms with Crippen LogP contribution in [0.4, 0.5) is 0 Å². The van der Waals surface area contributed by atoms with Crippen molar-refractivity contribution in [2.75, 3.05) is 37.7 Å². The fourth-order valence-corrected chi connectivity index (χ4v) is 2.48. The molecular formula is C9H16N2OS. The van der Waals surface area contributed by atoms with E-state index in [0.29, 0.717) is 11.7 Å². The van der Waals surface area contributed by atoms with Crippen molar-refractivity contribution >= 4 is 17.7 Å². The van der Waals surface area contributed by atoms with E-state index in [2.05, 4.69) is 5.32 Å². The van der Waals surface area contributed by atoms with Gasteiger partial charge in [-0.15, -0.1) is 0 Å². The number of nitrogens with one attached hydrogen (secondary N) is 1. The monoisotopic (exact) mass is 200 g/mol. The van der Waals surface area contributed by atoms with Crippen molar-refractivity contribution in [2.45, 2.75) is 6.42 Å². The van der Waals surface area contributed by atoms with Gasteiger partial charge in [-0.3, -0.25) is 4.79 Å². The van der Waals surface area contributed by atoms with Gasteiger partial charge >= 0.3 is 0 Å². The molecule has 0 aromatic rings. The van der Waals surface area contributed by atoms with Gasteiger partial charge in [0.2, 0.25) is 5.91 Å². The molecule has 0 aromatic heterocycles. The Morgan fingerprint density at radius 1 is 1.46 bits per heavy atom. The lowest BCUT2D eigenvalue weighted by molar-refractivity contribution is -0.131. The average molecular weight is 200 g/mol. The molecule has 1 amide bonds. The van der Waals surface area contributed by atoms with Gasteiger partial charge in [0.15, 0.2) is 0 Å². The summed E-state index contributed by atoms with van der Waals surface area (Å²) in [6.45, 7) is 4.27. The van der Waals surface area contributed by atoms with Crippen LogP contribution in [-0.4, -0.2) is 48.5 Å². The van der Waals surface area contributed by atoms with E-state index >= 15 is 0 Å². The number of likely N-dealkylation sites (tertiary alicyclic amines) is 1. The standard InChI is InChI=1S/C9H16N2OS/c12-9(11-2-1-3-11)7-13-6-8-4-10-5-8/h8,10H,1-7H2. The number of carbonyl (C=O) groups excluding carboxylic acids is 1. The first-order valence-corrected chi connectivity index (χ1v) is 6.08. The van der Waals surface area contributed by atoms with Gasteiger partial charge in [-0.2, -0.15) is 11.8 Å². The summed E-state index contributed by atoms with van der Waals surface area (Å²) in [4.78, 5) is 13.4. The smallest absolute Gasteiger partial charge is 0.232 e. The van der Waals surface area contributed by atoms with E-state index in [0.717, 1.165) is 37.8 Å². The van der Waals surface area contributed by atoms with Gasteiger partial charge in [0.05, 0.1) is 5.75 Å². The van der Waals surface area contributed by atoms with Crippen LogP contribution in [0.1, 0.15) is 6.42 Å². The van der Waals surface area contributed by atoms with Crippen molar-refractivity contribution in [3.63, 3.8) is 0 Å². The van der Waals surface area contributed by atoms with Crippen LogP contribution in [0.15, 0.2) is 0 Å². The molecule has 2 rings (SSSR count). The number of thioether (sulfide) groups is 1. The molecule has 74 valence electrons. The van der Waals surface area contributed by atoms with E-state index in [4.69, 9.17) is 0 Å². The van der Waals surface area contributed by atoms with E-state index in [1.54, 1.807) is 11.8 Å². The molecule has 3 nitrogen and oxygen atoms in total. The third kappa shape index (κ3) is 2.38. The minimum atomic E-state index is 0.337. The quantitative estimate of drug-likeness (QED) is 0.702. The highest BCUT2D eigenvalue weighted by atomic mass is 32.2. The van der Waals surface area contributed by atoms with E-state index in [1.165, 1.54) is 6.42 Å². The molecule has 0 aromatic carbocycles. The molecule has 0 spiro atoms. The minimum absolute atomic E-state index is 0.337. The van der Waals surface area contributed by atoms with Crippen LogP contribution >= 0.6 is 11.8 Å². The summed E-state index contributed by atoms with van der Waals surface area (Å²) >= 11 is 1.79. The Balaban J connectivity index is 1.53. The van der Waals surface area contributed by atoms with Crippen molar-refractivity contribution in [1.82, 2.24) is 10.2 Å². The number of hydrogen-bond donors (Lipinski definition) is 1. The van der Waals surface area contributed by atoms with Crippen molar-refractivity contribution in [3.05, 3.63) is 0 Å². The van der Waals surface area contributed by atoms with Crippen LogP contribution in [0.3, 0.4) is 0 Å². The Labute approximate surface area is 83.2 Å². The Morgan fingerprint density at radius 2 is 2.23 bits per heavy atom. The highest BCUT2D eigenvalue weighted by molar-refractivity contribution is 7.99. The molecule has 2 aliphatic rings. The first kappa shape index (κ1) is 9.34. The van der Waals surface area contributed by atoms with E-state index in [9.17, 15) is 4.79 Å². The number of rotatable bonds is 4. The molecule has 1 N–H and O–H groups in total. The zero-order valence-electron chi connectivity index (χ0n) is 7.79. The van der Waals surface area contributed by atoms with E-state index in [1.807, 2.05) is 4.90 Å². The molecule has 4 heteroatoms. The van der Waals surface area contributed by atoms with Gasteiger partial charge in [-0.1, -0.05) is 0 Å². The second kappa shape index (κ2) is 4.33. The first-order chi connectivity index (χ1) is 6.36. The maximum Gasteiger partial charge on any atom is 0.232 e. The largest absolute Gasteiger partial charge is 0.342 e. The second-order valence-corrected chi connectivity index (χ2v) is 4.80. The fraction of sp³-hybridized carbons (Fsp3) is 0.889. The molecule has 0 radical (unpaired) electrons. The summed E-state index contributed by atoms with van der Waals surface area (Å²) in [5, 5.41) is 3.24. The molecule has 0 unspecified atom stereocenters. The Kier molecular flexibility index (Phi) is 3.11. The summed E-state index contributed by atoms with van der Waals surface area (Å²) in [6, 6.07) is 0. The van der Waals surface area contributed by atoms with Crippen LogP contribution in [0, 0.1) is 5.92 Å². The lowest BCUT2D eigenvalue weighted by atomic mass is 10.1. The van der Waals surface area contributed by atoms with Crippen molar-refractivity contribution in [2.24, 2.45) is 5.92 Å². The second-order valence-electron chi connectivity index (χ2n) is 3.77. The van der Waals surface area contributed by atoms with Crippen molar-refractivity contribution in [1.29, 1.82) is 0 Å². The third-order valence-electron chi connectivity index (χ3n) is 2.65. The molecule has 2 aliphatic heterocycles. The predicted octanol–water partition coefficient (Wildman–Crippen LogP) is 0.171. The number of nitrogens with zero attached hydrogens (tertiary/aromatic N) is 1. The van der Waals surface area contributed by atoms with Gasteiger partial charge < -0.3 is 10.2 Å². The highest BCUT2D eigenvalue weighted by Gasteiger charge is 2.21. The number of amides is 1. The molecule has 2 fully saturated rings. The molecule has 2 saturated heterocycles. The lowest BCUT2D eigenvalue weighted by Crippen LogP contribution is -2.44. The topological polar surface area (TPSA) is 32.3 Å². The van der Waals surface area contributed by atoms with Gasteiger partial charge in [0, 0.05) is 13.1 Å². The minimum Gasteiger partial charge on any atom is -0.342 e. The summed E-state index contributed by atoms with van der Waals surface area (Å²) in [5.41, 5.74) is 0. The zero-order valence-corrected chi connectivity index (χ0v) is 8.61. The van der Waals surface area contributed by atoms with Crippen molar-refractivity contribution in [3.8, 4) is 0 Å². The highest BCUT2D eigenvalue weighted by Crippen LogP contribution is 2.14. The van der Waals surface area contributed by atoms with Crippen LogP contribution in [0.5, 0.6) is 0 Å². The summed E-state index contributed by atoms with van der Waals surface area (Å²) in [7, 11) is 0. The summed E-state index contributed by atoms with van der Waals surface area (Å²) in [6.07, 6.45) is 1.20. The van der Waals surface area contributed by atoms with Crippen LogP contribution in [-0.2, 0) is 4.79 Å². The van der Waals surface area contributed by atoms with Crippen LogP contribution < -0.4 is 5.32 Å². The Morgan fingerprint density at radius 3 is 2.69 bits per heavy atom. The SMILES string of the molecule is O=C(CSCC1CNC1)N1CCC1. The molecule has 0 saturated carbocycles. The van der Waals surface area contributed by atoms with Gasteiger partial charge in [-0.25, -0.2) is 0 Å². The van der Waals surface area contributed by atoms with Gasteiger partial charge in [0.1, 0.15) is 0 Å². The maximum atomic E-state index is 11.4. The lowest BCUT2D eigenvalue weighted by Gasteiger charge is -2.31. The molecule has 2 heterocycles. The maximum absolute atomic E-state index is 11.4. The van der Waals surface area contributed by atoms with Gasteiger partial charge in [-0.05, 0) is 31.2 Å². The van der Waals surface area contributed by atoms with Crippen molar-refractivity contribution < 1.29 is 4.79 Å². The molecule has 0 aliphatic carbocycles. The Bertz CT molecular complexity index is 190. The number of carbonyl (C=O) groups is 1. The van der Waals surface area contributed by atoms with Crippen LogP contribution in [0.2, 0.25) is 0 Å². The third-order valence-corrected chi connectivity index (χ3v) is 3.81. The number of hydrogen-bond acceptors (Lipinski definition) is 3. The molecular weight excluding hydrogens is 184 g/mol. The van der Waals surface area contributed by atoms with Gasteiger partial charge in [0.25, 0.3) is 0 Å². The molecule has 13 heavy (non-hydrogen) atoms. The summed E-state index contributed by atoms with van der Waals surface area (Å²) in [5.74, 6) is 2.99. The van der Waals surface area contributed by atoms with E-state index in [-0.39, 0.29) is 0 Å². The Hall–Kier alpha value is -0.220. The first-order valence-electron chi connectivity index (χ1n) is 4.92. The normalized spacial score (nSPS) is 22.3. The zero-order chi connectivity index (χ0) is 9.10. The predicted molar refractivity (Wildman–Crippen MR) is 54.9 cm³/mol. The van der Waals surface area contributed by atoms with Crippen LogP contribution in [0.25, 0.3) is 0 Å².